The van der Waals surface area contributed by atoms with E-state index in [1.807, 2.05) is 13.8 Å². The molecule has 7 nitrogen and oxygen atoms in total. The first-order chi connectivity index (χ1) is 11.7. The monoisotopic (exact) mass is 375 g/mol. The summed E-state index contributed by atoms with van der Waals surface area (Å²) in [7, 11) is -2.93. The average molecular weight is 376 g/mol. The summed E-state index contributed by atoms with van der Waals surface area (Å²) in [6.07, 6.45) is 1.86. The normalized spacial score (nSPS) is 20.3. The molecule has 1 aliphatic heterocycles. The van der Waals surface area contributed by atoms with Crippen LogP contribution in [0.5, 0.6) is 0 Å². The molecule has 8 heteroatoms. The van der Waals surface area contributed by atoms with Gasteiger partial charge in [0.25, 0.3) is 0 Å². The largest absolute Gasteiger partial charge is 0.357 e. The van der Waals surface area contributed by atoms with E-state index < -0.39 is 9.84 Å². The van der Waals surface area contributed by atoms with Crippen molar-refractivity contribution in [3.63, 3.8) is 0 Å². The molecular formula is C17H37N5O2S. The Hall–Kier alpha value is -0.860. The first kappa shape index (κ1) is 22.2. The van der Waals surface area contributed by atoms with Gasteiger partial charge in [-0.25, -0.2) is 8.42 Å². The van der Waals surface area contributed by atoms with Crippen LogP contribution >= 0.6 is 0 Å². The van der Waals surface area contributed by atoms with Gasteiger partial charge in [-0.2, -0.15) is 0 Å². The zero-order valence-corrected chi connectivity index (χ0v) is 17.4. The Morgan fingerprint density at radius 3 is 2.32 bits per heavy atom. The molecule has 25 heavy (non-hydrogen) atoms. The molecule has 0 saturated carbocycles. The molecule has 0 bridgehead atoms. The minimum atomic E-state index is -2.93. The zero-order chi connectivity index (χ0) is 18.9. The van der Waals surface area contributed by atoms with Gasteiger partial charge in [-0.1, -0.05) is 6.92 Å². The van der Waals surface area contributed by atoms with E-state index in [1.165, 1.54) is 6.26 Å². The van der Waals surface area contributed by atoms with Crippen LogP contribution in [0, 0.1) is 0 Å². The maximum atomic E-state index is 11.3. The Morgan fingerprint density at radius 2 is 1.80 bits per heavy atom. The number of nitrogens with one attached hydrogen (secondary N) is 2. The van der Waals surface area contributed by atoms with Crippen LogP contribution in [-0.4, -0.2) is 94.1 Å². The van der Waals surface area contributed by atoms with E-state index in [9.17, 15) is 8.42 Å². The van der Waals surface area contributed by atoms with Gasteiger partial charge in [0.05, 0.1) is 12.3 Å². The molecule has 0 aromatic carbocycles. The van der Waals surface area contributed by atoms with Crippen molar-refractivity contribution in [2.24, 2.45) is 4.99 Å². The van der Waals surface area contributed by atoms with Gasteiger partial charge in [-0.15, -0.1) is 0 Å². The second-order valence-electron chi connectivity index (χ2n) is 7.00. The molecule has 0 aromatic heterocycles. The van der Waals surface area contributed by atoms with Crippen LogP contribution in [-0.2, 0) is 9.84 Å². The maximum absolute atomic E-state index is 11.3. The third-order valence-corrected chi connectivity index (χ3v) is 5.62. The van der Waals surface area contributed by atoms with E-state index in [4.69, 9.17) is 4.99 Å². The van der Waals surface area contributed by atoms with E-state index in [1.54, 1.807) is 0 Å². The van der Waals surface area contributed by atoms with Crippen molar-refractivity contribution < 1.29 is 8.42 Å². The molecule has 0 aromatic rings. The second kappa shape index (κ2) is 11.0. The fourth-order valence-corrected chi connectivity index (χ4v) is 3.66. The van der Waals surface area contributed by atoms with Gasteiger partial charge >= 0.3 is 0 Å². The Bertz CT molecular complexity index is 501. The van der Waals surface area contributed by atoms with Gasteiger partial charge in [0, 0.05) is 51.1 Å². The number of rotatable bonds is 9. The van der Waals surface area contributed by atoms with Gasteiger partial charge in [-0.05, 0) is 33.7 Å². The van der Waals surface area contributed by atoms with Crippen molar-refractivity contribution in [1.29, 1.82) is 0 Å². The van der Waals surface area contributed by atoms with Crippen molar-refractivity contribution in [2.45, 2.75) is 46.2 Å². The van der Waals surface area contributed by atoms with Crippen molar-refractivity contribution in [2.75, 3.05) is 57.8 Å². The lowest BCUT2D eigenvalue weighted by Gasteiger charge is -2.37. The molecule has 2 atom stereocenters. The highest BCUT2D eigenvalue weighted by Crippen LogP contribution is 2.06. The smallest absolute Gasteiger partial charge is 0.191 e. The molecule has 0 amide bonds. The SMILES string of the molecule is CCNC(=NCC(C)N1CCN(CC)CC1)NC(C)CCS(C)(=O)=O. The summed E-state index contributed by atoms with van der Waals surface area (Å²) >= 11 is 0. The topological polar surface area (TPSA) is 77.0 Å². The molecule has 148 valence electrons. The van der Waals surface area contributed by atoms with Crippen LogP contribution in [0.25, 0.3) is 0 Å². The molecular weight excluding hydrogens is 338 g/mol. The summed E-state index contributed by atoms with van der Waals surface area (Å²) in [5.74, 6) is 0.959. The number of likely N-dealkylation sites (N-methyl/N-ethyl adjacent to an activating group) is 1. The molecule has 0 radical (unpaired) electrons. The molecule has 1 heterocycles. The molecule has 1 saturated heterocycles. The number of aliphatic imine (C=N–C) groups is 1. The minimum absolute atomic E-state index is 0.0657. The zero-order valence-electron chi connectivity index (χ0n) is 16.6. The molecule has 1 aliphatic rings. The van der Waals surface area contributed by atoms with E-state index in [0.29, 0.717) is 12.5 Å². The van der Waals surface area contributed by atoms with Crippen molar-refractivity contribution >= 4 is 15.8 Å². The van der Waals surface area contributed by atoms with Crippen molar-refractivity contribution in [3.8, 4) is 0 Å². The summed E-state index contributed by atoms with van der Waals surface area (Å²) in [5, 5.41) is 6.56. The Kier molecular flexibility index (Phi) is 9.74. The molecule has 2 unspecified atom stereocenters. The van der Waals surface area contributed by atoms with Crippen LogP contribution in [0.2, 0.25) is 0 Å². The first-order valence-electron chi connectivity index (χ1n) is 9.44. The molecule has 1 fully saturated rings. The lowest BCUT2D eigenvalue weighted by atomic mass is 10.2. The highest BCUT2D eigenvalue weighted by atomic mass is 32.2. The molecule has 0 spiro atoms. The standard InChI is InChI=1S/C17H37N5O2S/c1-6-18-17(20-15(3)8-13-25(5,23)24)19-14-16(4)22-11-9-21(7-2)10-12-22/h15-16H,6-14H2,1-5H3,(H2,18,19,20). The van der Waals surface area contributed by atoms with Gasteiger partial charge in [0.1, 0.15) is 9.84 Å². The minimum Gasteiger partial charge on any atom is -0.357 e. The van der Waals surface area contributed by atoms with Crippen LogP contribution in [0.1, 0.15) is 34.1 Å². The summed E-state index contributed by atoms with van der Waals surface area (Å²) in [4.78, 5) is 9.67. The number of sulfone groups is 1. The fraction of sp³-hybridized carbons (Fsp3) is 0.941. The number of nitrogens with zero attached hydrogens (tertiary/aromatic N) is 3. The predicted molar refractivity (Wildman–Crippen MR) is 106 cm³/mol. The molecule has 2 N–H and O–H groups in total. The summed E-state index contributed by atoms with van der Waals surface area (Å²) in [6, 6.07) is 0.469. The van der Waals surface area contributed by atoms with Crippen LogP contribution in [0.3, 0.4) is 0 Å². The number of hydrogen-bond donors (Lipinski definition) is 2. The highest BCUT2D eigenvalue weighted by molar-refractivity contribution is 7.90. The lowest BCUT2D eigenvalue weighted by Crippen LogP contribution is -2.50. The third-order valence-electron chi connectivity index (χ3n) is 4.64. The second-order valence-corrected chi connectivity index (χ2v) is 9.26. The van der Waals surface area contributed by atoms with E-state index in [2.05, 4.69) is 34.3 Å². The Morgan fingerprint density at radius 1 is 1.16 bits per heavy atom. The number of piperazine rings is 1. The van der Waals surface area contributed by atoms with E-state index in [0.717, 1.165) is 51.8 Å². The van der Waals surface area contributed by atoms with Gasteiger partial charge in [-0.3, -0.25) is 9.89 Å². The van der Waals surface area contributed by atoms with Crippen LogP contribution in [0.4, 0.5) is 0 Å². The Balaban J connectivity index is 2.48. The summed E-state index contributed by atoms with van der Waals surface area (Å²) < 4.78 is 22.6. The number of guanidine groups is 1. The number of hydrogen-bond acceptors (Lipinski definition) is 5. The third kappa shape index (κ3) is 9.42. The van der Waals surface area contributed by atoms with E-state index >= 15 is 0 Å². The summed E-state index contributed by atoms with van der Waals surface area (Å²) in [6.45, 7) is 15.6. The Labute approximate surface area is 154 Å². The van der Waals surface area contributed by atoms with E-state index in [-0.39, 0.29) is 11.8 Å². The molecule has 0 aliphatic carbocycles. The summed E-state index contributed by atoms with van der Waals surface area (Å²) in [5.41, 5.74) is 0. The molecule has 1 rings (SSSR count). The van der Waals surface area contributed by atoms with Crippen molar-refractivity contribution in [3.05, 3.63) is 0 Å². The lowest BCUT2D eigenvalue weighted by molar-refractivity contribution is 0.109. The van der Waals surface area contributed by atoms with Crippen molar-refractivity contribution in [1.82, 2.24) is 20.4 Å². The first-order valence-corrected chi connectivity index (χ1v) is 11.5. The van der Waals surface area contributed by atoms with Crippen LogP contribution in [0.15, 0.2) is 4.99 Å². The predicted octanol–water partition coefficient (Wildman–Crippen LogP) is 0.391. The van der Waals surface area contributed by atoms with Crippen LogP contribution < -0.4 is 10.6 Å². The van der Waals surface area contributed by atoms with Gasteiger partial charge < -0.3 is 15.5 Å². The maximum Gasteiger partial charge on any atom is 0.191 e. The van der Waals surface area contributed by atoms with Gasteiger partial charge in [0.15, 0.2) is 5.96 Å². The van der Waals surface area contributed by atoms with Gasteiger partial charge in [0.2, 0.25) is 0 Å². The highest BCUT2D eigenvalue weighted by Gasteiger charge is 2.20. The fourth-order valence-electron chi connectivity index (χ4n) is 2.88. The average Bonchev–Trinajstić information content (AvgIpc) is 2.57. The quantitative estimate of drug-likeness (QED) is 0.448.